The first-order chi connectivity index (χ1) is 15.3. The standard InChI is InChI=1S/C23H23FN2O4S2/c1-25(14-16-7-8-20(30-2)19(24)13-16)23(27)22-21(10-12-31-22)32(28,29)26-11-9-17-5-3-4-6-18(17)15-26/h3-8,10,12-13H,9,11,14-15H2,1-2H3. The molecular weight excluding hydrogens is 451 g/mol. The first-order valence-electron chi connectivity index (χ1n) is 10.0. The number of hydrogen-bond donors (Lipinski definition) is 0. The summed E-state index contributed by atoms with van der Waals surface area (Å²) in [4.78, 5) is 14.7. The number of methoxy groups -OCH3 is 1. The van der Waals surface area contributed by atoms with E-state index in [9.17, 15) is 17.6 Å². The summed E-state index contributed by atoms with van der Waals surface area (Å²) >= 11 is 1.09. The summed E-state index contributed by atoms with van der Waals surface area (Å²) in [7, 11) is -0.890. The third-order valence-electron chi connectivity index (χ3n) is 5.52. The van der Waals surface area contributed by atoms with Crippen LogP contribution in [-0.4, -0.2) is 44.2 Å². The van der Waals surface area contributed by atoms with Gasteiger partial charge in [0.25, 0.3) is 5.91 Å². The number of thiophene rings is 1. The molecule has 0 atom stereocenters. The predicted molar refractivity (Wildman–Crippen MR) is 121 cm³/mol. The van der Waals surface area contributed by atoms with Crippen LogP contribution in [0.5, 0.6) is 5.75 Å². The van der Waals surface area contributed by atoms with Gasteiger partial charge in [0.2, 0.25) is 10.0 Å². The number of halogens is 1. The Morgan fingerprint density at radius 1 is 1.19 bits per heavy atom. The van der Waals surface area contributed by atoms with E-state index in [-0.39, 0.29) is 28.6 Å². The zero-order valence-corrected chi connectivity index (χ0v) is 19.4. The number of ether oxygens (including phenoxy) is 1. The maximum atomic E-state index is 14.0. The van der Waals surface area contributed by atoms with E-state index in [4.69, 9.17) is 4.74 Å². The minimum Gasteiger partial charge on any atom is -0.494 e. The van der Waals surface area contributed by atoms with Crippen LogP contribution in [0.1, 0.15) is 26.4 Å². The molecule has 4 rings (SSSR count). The maximum Gasteiger partial charge on any atom is 0.265 e. The van der Waals surface area contributed by atoms with E-state index in [0.29, 0.717) is 18.5 Å². The van der Waals surface area contributed by atoms with Crippen LogP contribution >= 0.6 is 11.3 Å². The Balaban J connectivity index is 1.55. The fourth-order valence-corrected chi connectivity index (χ4v) is 6.61. The van der Waals surface area contributed by atoms with Crippen molar-refractivity contribution in [3.8, 4) is 5.75 Å². The second kappa shape index (κ2) is 9.01. The molecule has 0 N–H and O–H groups in total. The zero-order valence-electron chi connectivity index (χ0n) is 17.7. The summed E-state index contributed by atoms with van der Waals surface area (Å²) in [5, 5.41) is 1.61. The van der Waals surface area contributed by atoms with Gasteiger partial charge in [0.05, 0.1) is 7.11 Å². The van der Waals surface area contributed by atoms with Crippen molar-refractivity contribution >= 4 is 27.3 Å². The van der Waals surface area contributed by atoms with Gasteiger partial charge in [0.1, 0.15) is 9.77 Å². The molecule has 0 fully saturated rings. The van der Waals surface area contributed by atoms with E-state index >= 15 is 0 Å². The lowest BCUT2D eigenvalue weighted by atomic mass is 10.0. The van der Waals surface area contributed by atoms with E-state index in [1.807, 2.05) is 24.3 Å². The smallest absolute Gasteiger partial charge is 0.265 e. The Labute approximate surface area is 190 Å². The Kier molecular flexibility index (Phi) is 6.32. The normalized spacial score (nSPS) is 14.1. The van der Waals surface area contributed by atoms with Gasteiger partial charge in [-0.05, 0) is 46.7 Å². The van der Waals surface area contributed by atoms with Crippen LogP contribution in [0.2, 0.25) is 0 Å². The second-order valence-electron chi connectivity index (χ2n) is 7.60. The third-order valence-corrected chi connectivity index (χ3v) is 8.44. The molecule has 168 valence electrons. The number of amides is 1. The monoisotopic (exact) mass is 474 g/mol. The first-order valence-corrected chi connectivity index (χ1v) is 12.4. The summed E-state index contributed by atoms with van der Waals surface area (Å²) in [5.74, 6) is -0.819. The van der Waals surface area contributed by atoms with Gasteiger partial charge in [0, 0.05) is 26.7 Å². The Morgan fingerprint density at radius 3 is 2.66 bits per heavy atom. The molecule has 32 heavy (non-hydrogen) atoms. The number of hydrogen-bond acceptors (Lipinski definition) is 5. The predicted octanol–water partition coefficient (Wildman–Crippen LogP) is 3.92. The Morgan fingerprint density at radius 2 is 1.94 bits per heavy atom. The summed E-state index contributed by atoms with van der Waals surface area (Å²) < 4.78 is 47.1. The summed E-state index contributed by atoms with van der Waals surface area (Å²) in [6.07, 6.45) is 0.631. The first kappa shape index (κ1) is 22.4. The molecule has 2 heterocycles. The number of fused-ring (bicyclic) bond motifs is 1. The van der Waals surface area contributed by atoms with Crippen LogP contribution in [0.4, 0.5) is 4.39 Å². The van der Waals surface area contributed by atoms with E-state index in [2.05, 4.69) is 0 Å². The lowest BCUT2D eigenvalue weighted by Crippen LogP contribution is -2.37. The van der Waals surface area contributed by atoms with Crippen molar-refractivity contribution in [2.45, 2.75) is 24.4 Å². The number of benzene rings is 2. The fraction of sp³-hybridized carbons (Fsp3) is 0.261. The highest BCUT2D eigenvalue weighted by Crippen LogP contribution is 2.30. The largest absolute Gasteiger partial charge is 0.494 e. The van der Waals surface area contributed by atoms with Gasteiger partial charge in [-0.3, -0.25) is 4.79 Å². The van der Waals surface area contributed by atoms with Gasteiger partial charge >= 0.3 is 0 Å². The molecular formula is C23H23FN2O4S2. The molecule has 1 aromatic heterocycles. The number of sulfonamides is 1. The van der Waals surface area contributed by atoms with Crippen molar-refractivity contribution < 1.29 is 22.3 Å². The van der Waals surface area contributed by atoms with Crippen LogP contribution in [-0.2, 0) is 29.5 Å². The highest BCUT2D eigenvalue weighted by molar-refractivity contribution is 7.89. The lowest BCUT2D eigenvalue weighted by Gasteiger charge is -2.28. The van der Waals surface area contributed by atoms with Crippen LogP contribution in [0, 0.1) is 5.82 Å². The topological polar surface area (TPSA) is 66.9 Å². The maximum absolute atomic E-state index is 14.0. The molecule has 0 unspecified atom stereocenters. The molecule has 2 aromatic carbocycles. The molecule has 0 bridgehead atoms. The summed E-state index contributed by atoms with van der Waals surface area (Å²) in [6, 6.07) is 13.7. The SMILES string of the molecule is COc1ccc(CN(C)C(=O)c2sccc2S(=O)(=O)N2CCc3ccccc3C2)cc1F. The Hall–Kier alpha value is -2.75. The zero-order chi connectivity index (χ0) is 22.9. The van der Waals surface area contributed by atoms with Gasteiger partial charge in [-0.15, -0.1) is 11.3 Å². The average Bonchev–Trinajstić information content (AvgIpc) is 3.29. The van der Waals surface area contributed by atoms with Gasteiger partial charge in [-0.25, -0.2) is 12.8 Å². The van der Waals surface area contributed by atoms with Crippen molar-refractivity contribution in [3.63, 3.8) is 0 Å². The number of carbonyl (C=O) groups excluding carboxylic acids is 1. The molecule has 1 aliphatic rings. The van der Waals surface area contributed by atoms with Crippen molar-refractivity contribution in [3.05, 3.63) is 81.3 Å². The molecule has 1 aliphatic heterocycles. The average molecular weight is 475 g/mol. The molecule has 6 nitrogen and oxygen atoms in total. The molecule has 0 spiro atoms. The molecule has 1 amide bonds. The number of nitrogens with zero attached hydrogens (tertiary/aromatic N) is 2. The highest BCUT2D eigenvalue weighted by Gasteiger charge is 2.33. The molecule has 3 aromatic rings. The Bertz CT molecular complexity index is 1260. The lowest BCUT2D eigenvalue weighted by molar-refractivity contribution is 0.0786. The second-order valence-corrected chi connectivity index (χ2v) is 10.4. The molecule has 9 heteroatoms. The van der Waals surface area contributed by atoms with Crippen molar-refractivity contribution in [2.75, 3.05) is 20.7 Å². The van der Waals surface area contributed by atoms with Crippen LogP contribution < -0.4 is 4.74 Å². The van der Waals surface area contributed by atoms with Crippen molar-refractivity contribution in [2.24, 2.45) is 0 Å². The van der Waals surface area contributed by atoms with E-state index < -0.39 is 21.7 Å². The van der Waals surface area contributed by atoms with Crippen LogP contribution in [0.25, 0.3) is 0 Å². The van der Waals surface area contributed by atoms with Crippen molar-refractivity contribution in [1.29, 1.82) is 0 Å². The number of carbonyl (C=O) groups is 1. The minimum atomic E-state index is -3.84. The van der Waals surface area contributed by atoms with Gasteiger partial charge in [-0.2, -0.15) is 4.31 Å². The van der Waals surface area contributed by atoms with Crippen molar-refractivity contribution in [1.82, 2.24) is 9.21 Å². The number of rotatable bonds is 6. The molecule has 0 aliphatic carbocycles. The van der Waals surface area contributed by atoms with Gasteiger partial charge < -0.3 is 9.64 Å². The van der Waals surface area contributed by atoms with E-state index in [1.165, 1.54) is 34.5 Å². The summed E-state index contributed by atoms with van der Waals surface area (Å²) in [6.45, 7) is 0.779. The van der Waals surface area contributed by atoms with Crippen LogP contribution in [0.3, 0.4) is 0 Å². The summed E-state index contributed by atoms with van der Waals surface area (Å²) in [5.41, 5.74) is 2.70. The fourth-order valence-electron chi connectivity index (χ4n) is 3.80. The molecule has 0 saturated carbocycles. The molecule has 0 saturated heterocycles. The third kappa shape index (κ3) is 4.28. The van der Waals surface area contributed by atoms with E-state index in [0.717, 1.165) is 22.5 Å². The highest BCUT2D eigenvalue weighted by atomic mass is 32.2. The molecule has 0 radical (unpaired) electrons. The van der Waals surface area contributed by atoms with Gasteiger partial charge in [-0.1, -0.05) is 30.3 Å². The quantitative estimate of drug-likeness (QED) is 0.543. The van der Waals surface area contributed by atoms with Crippen LogP contribution in [0.15, 0.2) is 58.8 Å². The van der Waals surface area contributed by atoms with E-state index in [1.54, 1.807) is 18.5 Å². The van der Waals surface area contributed by atoms with Gasteiger partial charge in [0.15, 0.2) is 11.6 Å². The minimum absolute atomic E-state index is 0.0136.